The number of para-hydroxylation sites is 1. The van der Waals surface area contributed by atoms with E-state index in [-0.39, 0.29) is 6.10 Å². The molecule has 0 aliphatic rings. The van der Waals surface area contributed by atoms with Crippen LogP contribution in [0.1, 0.15) is 73.9 Å². The van der Waals surface area contributed by atoms with Crippen LogP contribution in [0.25, 0.3) is 27.9 Å². The Morgan fingerprint density at radius 1 is 1.10 bits per heavy atom. The number of benzene rings is 1. The van der Waals surface area contributed by atoms with Crippen molar-refractivity contribution >= 4 is 16.6 Å². The highest BCUT2D eigenvalue weighted by atomic mass is 16.5. The first-order chi connectivity index (χ1) is 14.4. The van der Waals surface area contributed by atoms with E-state index >= 15 is 0 Å². The molecule has 5 heteroatoms. The number of nitrogens with zero attached hydrogens (tertiary/aromatic N) is 3. The van der Waals surface area contributed by atoms with Gasteiger partial charge in [0.1, 0.15) is 11.3 Å². The number of furan rings is 1. The molecule has 0 bridgehead atoms. The molecule has 0 amide bonds. The molecule has 0 aliphatic heterocycles. The lowest BCUT2D eigenvalue weighted by Crippen LogP contribution is -2.05. The lowest BCUT2D eigenvalue weighted by atomic mass is 9.95. The van der Waals surface area contributed by atoms with Gasteiger partial charge in [0, 0.05) is 23.6 Å². The quantitative estimate of drug-likeness (QED) is 0.359. The molecule has 4 rings (SSSR count). The number of fused-ring (bicyclic) bond motifs is 2. The van der Waals surface area contributed by atoms with Crippen LogP contribution in [-0.2, 0) is 4.74 Å². The number of imidazole rings is 1. The first kappa shape index (κ1) is 20.6. The molecule has 3 heterocycles. The average Bonchev–Trinajstić information content (AvgIpc) is 3.23. The second-order valence-corrected chi connectivity index (χ2v) is 8.17. The number of hydrogen-bond donors (Lipinski definition) is 0. The summed E-state index contributed by atoms with van der Waals surface area (Å²) >= 11 is 0. The molecule has 158 valence electrons. The summed E-state index contributed by atoms with van der Waals surface area (Å²) in [5, 5.41) is 5.95. The first-order valence-electron chi connectivity index (χ1n) is 10.8. The molecule has 0 spiro atoms. The highest BCUT2D eigenvalue weighted by Gasteiger charge is 2.25. The fourth-order valence-corrected chi connectivity index (χ4v) is 4.60. The summed E-state index contributed by atoms with van der Waals surface area (Å²) in [6.45, 7) is 12.7. The Hall–Kier alpha value is -2.66. The molecule has 0 unspecified atom stereocenters. The topological polar surface area (TPSA) is 52.6 Å². The number of methoxy groups -OCH3 is 1. The van der Waals surface area contributed by atoms with E-state index in [1.165, 1.54) is 5.56 Å². The van der Waals surface area contributed by atoms with Crippen LogP contribution < -0.4 is 0 Å². The van der Waals surface area contributed by atoms with Gasteiger partial charge in [0.2, 0.25) is 0 Å². The maximum atomic E-state index is 6.28. The number of aromatic nitrogens is 3. The third kappa shape index (κ3) is 3.12. The van der Waals surface area contributed by atoms with E-state index in [1.54, 1.807) is 7.11 Å². The molecule has 1 aromatic carbocycles. The molecular weight excluding hydrogens is 374 g/mol. The summed E-state index contributed by atoms with van der Waals surface area (Å²) < 4.78 is 13.9. The molecule has 0 fully saturated rings. The van der Waals surface area contributed by atoms with Gasteiger partial charge in [-0.05, 0) is 52.5 Å². The van der Waals surface area contributed by atoms with Crippen molar-refractivity contribution in [2.75, 3.05) is 7.11 Å². The van der Waals surface area contributed by atoms with Crippen molar-refractivity contribution in [3.8, 4) is 11.3 Å². The monoisotopic (exact) mass is 405 g/mol. The second kappa shape index (κ2) is 7.88. The normalized spacial score (nSPS) is 13.1. The van der Waals surface area contributed by atoms with Gasteiger partial charge in [0.25, 0.3) is 0 Å². The van der Waals surface area contributed by atoms with Crippen molar-refractivity contribution in [1.82, 2.24) is 14.6 Å². The van der Waals surface area contributed by atoms with Crippen LogP contribution in [0.15, 0.2) is 28.7 Å². The van der Waals surface area contributed by atoms with Gasteiger partial charge in [-0.25, -0.2) is 9.50 Å². The van der Waals surface area contributed by atoms with Crippen LogP contribution in [0, 0.1) is 20.8 Å². The predicted molar refractivity (Wildman–Crippen MR) is 121 cm³/mol. The molecule has 0 aliphatic carbocycles. The summed E-state index contributed by atoms with van der Waals surface area (Å²) in [4.78, 5) is 4.98. The van der Waals surface area contributed by atoms with Gasteiger partial charge in [-0.15, -0.1) is 0 Å². The highest BCUT2D eigenvalue weighted by molar-refractivity contribution is 5.97. The summed E-state index contributed by atoms with van der Waals surface area (Å²) in [5.41, 5.74) is 8.21. The van der Waals surface area contributed by atoms with Crippen LogP contribution in [0.3, 0.4) is 0 Å². The molecule has 3 aromatic heterocycles. The van der Waals surface area contributed by atoms with E-state index in [9.17, 15) is 0 Å². The van der Waals surface area contributed by atoms with E-state index in [2.05, 4.69) is 52.0 Å². The molecular formula is C25H31N3O2. The van der Waals surface area contributed by atoms with Crippen molar-refractivity contribution in [2.24, 2.45) is 0 Å². The van der Waals surface area contributed by atoms with Crippen molar-refractivity contribution in [3.63, 3.8) is 0 Å². The van der Waals surface area contributed by atoms with Gasteiger partial charge >= 0.3 is 0 Å². The van der Waals surface area contributed by atoms with Gasteiger partial charge in [0.15, 0.2) is 5.65 Å². The molecule has 0 saturated heterocycles. The summed E-state index contributed by atoms with van der Waals surface area (Å²) in [7, 11) is 1.72. The number of hydrogen-bond acceptors (Lipinski definition) is 4. The van der Waals surface area contributed by atoms with Gasteiger partial charge in [0.05, 0.1) is 28.7 Å². The summed E-state index contributed by atoms with van der Waals surface area (Å²) in [6, 6.07) is 8.45. The SMILES string of the molecule is CCC(CC)c1cc(C)nn2c(-c3c(C)oc4c([C@H](C)OC)cccc34)c(C)nc12. The smallest absolute Gasteiger partial charge is 0.157 e. The fourth-order valence-electron chi connectivity index (χ4n) is 4.60. The first-order valence-corrected chi connectivity index (χ1v) is 10.8. The minimum Gasteiger partial charge on any atom is -0.460 e. The number of aryl methyl sites for hydroxylation is 3. The molecule has 5 nitrogen and oxygen atoms in total. The zero-order valence-corrected chi connectivity index (χ0v) is 19.0. The molecule has 0 N–H and O–H groups in total. The van der Waals surface area contributed by atoms with Gasteiger partial charge in [-0.2, -0.15) is 5.10 Å². The molecule has 0 saturated carbocycles. The maximum absolute atomic E-state index is 6.28. The van der Waals surface area contributed by atoms with Crippen LogP contribution in [0.4, 0.5) is 0 Å². The van der Waals surface area contributed by atoms with Gasteiger partial charge in [-0.1, -0.05) is 32.0 Å². The van der Waals surface area contributed by atoms with E-state index in [0.29, 0.717) is 5.92 Å². The number of ether oxygens (including phenoxy) is 1. The Labute approximate surface area is 178 Å². The van der Waals surface area contributed by atoms with Gasteiger partial charge in [-0.3, -0.25) is 0 Å². The fraction of sp³-hybridized carbons (Fsp3) is 0.440. The average molecular weight is 406 g/mol. The zero-order valence-electron chi connectivity index (χ0n) is 19.0. The third-order valence-corrected chi connectivity index (χ3v) is 6.28. The second-order valence-electron chi connectivity index (χ2n) is 8.17. The third-order valence-electron chi connectivity index (χ3n) is 6.28. The highest BCUT2D eigenvalue weighted by Crippen LogP contribution is 2.40. The Morgan fingerprint density at radius 2 is 1.83 bits per heavy atom. The lowest BCUT2D eigenvalue weighted by Gasteiger charge is -2.14. The molecule has 1 atom stereocenters. The molecule has 0 radical (unpaired) electrons. The van der Waals surface area contributed by atoms with E-state index < -0.39 is 0 Å². The van der Waals surface area contributed by atoms with Crippen molar-refractivity contribution in [3.05, 3.63) is 52.5 Å². The minimum atomic E-state index is -0.0442. The Bertz CT molecular complexity index is 1210. The Morgan fingerprint density at radius 3 is 2.50 bits per heavy atom. The summed E-state index contributed by atoms with van der Waals surface area (Å²) in [6.07, 6.45) is 2.13. The van der Waals surface area contributed by atoms with Crippen LogP contribution >= 0.6 is 0 Å². The standard InChI is InChI=1S/C25H31N3O2/c1-8-18(9-2)21-13-14(3)27-28-23(15(4)26-25(21)28)22-17(6)30-24-19(16(5)29-7)11-10-12-20(22)24/h10-13,16,18H,8-9H2,1-7H3/t16-/m0/s1. The van der Waals surface area contributed by atoms with Crippen molar-refractivity contribution < 1.29 is 9.15 Å². The lowest BCUT2D eigenvalue weighted by molar-refractivity contribution is 0.120. The van der Waals surface area contributed by atoms with E-state index in [4.69, 9.17) is 19.2 Å². The van der Waals surface area contributed by atoms with E-state index in [1.807, 2.05) is 18.4 Å². The van der Waals surface area contributed by atoms with Crippen LogP contribution in [0.5, 0.6) is 0 Å². The van der Waals surface area contributed by atoms with Gasteiger partial charge < -0.3 is 9.15 Å². The zero-order chi connectivity index (χ0) is 21.6. The van der Waals surface area contributed by atoms with Crippen molar-refractivity contribution in [1.29, 1.82) is 0 Å². The maximum Gasteiger partial charge on any atom is 0.157 e. The largest absolute Gasteiger partial charge is 0.460 e. The Kier molecular flexibility index (Phi) is 5.41. The Balaban J connectivity index is 2.05. The number of rotatable bonds is 6. The predicted octanol–water partition coefficient (Wildman–Crippen LogP) is 6.68. The minimum absolute atomic E-state index is 0.0442. The molecule has 4 aromatic rings. The van der Waals surface area contributed by atoms with Crippen LogP contribution in [0.2, 0.25) is 0 Å². The van der Waals surface area contributed by atoms with Crippen LogP contribution in [-0.4, -0.2) is 21.7 Å². The molecule has 30 heavy (non-hydrogen) atoms. The van der Waals surface area contributed by atoms with Crippen molar-refractivity contribution in [2.45, 2.75) is 66.4 Å². The van der Waals surface area contributed by atoms with E-state index in [0.717, 1.165) is 63.4 Å². The summed E-state index contributed by atoms with van der Waals surface area (Å²) in [5.74, 6) is 1.35.